The van der Waals surface area contributed by atoms with Crippen LogP contribution >= 0.6 is 0 Å². The Kier molecular flexibility index (Phi) is 4.74. The zero-order valence-corrected chi connectivity index (χ0v) is 12.1. The van der Waals surface area contributed by atoms with Crippen LogP contribution in [0, 0.1) is 6.92 Å². The summed E-state index contributed by atoms with van der Waals surface area (Å²) in [6.45, 7) is 2.15. The van der Waals surface area contributed by atoms with Crippen molar-refractivity contribution in [3.05, 3.63) is 53.3 Å². The van der Waals surface area contributed by atoms with E-state index in [0.717, 1.165) is 19.3 Å². The summed E-state index contributed by atoms with van der Waals surface area (Å²) in [7, 11) is 4.05. The molecular weight excluding hydrogens is 234 g/mol. The first-order valence-electron chi connectivity index (χ1n) is 6.88. The summed E-state index contributed by atoms with van der Waals surface area (Å²) in [5.74, 6) is 0. The lowest BCUT2D eigenvalue weighted by atomic mass is 10.00. The van der Waals surface area contributed by atoms with E-state index in [1.165, 1.54) is 16.8 Å². The van der Waals surface area contributed by atoms with Crippen LogP contribution in [0.1, 0.15) is 23.2 Å². The first kappa shape index (κ1) is 13.8. The second-order valence-electron chi connectivity index (χ2n) is 5.16. The third-order valence-electron chi connectivity index (χ3n) is 3.64. The van der Waals surface area contributed by atoms with Gasteiger partial charge in [0, 0.05) is 25.0 Å². The van der Waals surface area contributed by atoms with Gasteiger partial charge in [-0.15, -0.1) is 0 Å². The normalized spacial score (nSPS) is 12.6. The highest BCUT2D eigenvalue weighted by Crippen LogP contribution is 2.11. The fraction of sp³-hybridized carbons (Fsp3) is 0.438. The van der Waals surface area contributed by atoms with E-state index in [2.05, 4.69) is 47.7 Å². The molecule has 1 N–H and O–H groups in total. The molecule has 1 atom stereocenters. The average Bonchev–Trinajstić information content (AvgIpc) is 2.80. The smallest absolute Gasteiger partial charge is 0.0492 e. The van der Waals surface area contributed by atoms with E-state index >= 15 is 0 Å². The van der Waals surface area contributed by atoms with Gasteiger partial charge in [-0.2, -0.15) is 5.10 Å². The van der Waals surface area contributed by atoms with Gasteiger partial charge in [-0.25, -0.2) is 0 Å². The molecule has 0 aliphatic carbocycles. The van der Waals surface area contributed by atoms with Gasteiger partial charge in [0.1, 0.15) is 0 Å². The van der Waals surface area contributed by atoms with E-state index < -0.39 is 0 Å². The molecule has 0 amide bonds. The molecule has 102 valence electrons. The summed E-state index contributed by atoms with van der Waals surface area (Å²) < 4.78 is 1.96. The number of aromatic nitrogens is 2. The fourth-order valence-electron chi connectivity index (χ4n) is 2.44. The lowest BCUT2D eigenvalue weighted by Crippen LogP contribution is -2.28. The molecule has 3 nitrogen and oxygen atoms in total. The summed E-state index contributed by atoms with van der Waals surface area (Å²) in [6, 6.07) is 11.4. The Morgan fingerprint density at radius 1 is 1.32 bits per heavy atom. The van der Waals surface area contributed by atoms with Gasteiger partial charge in [-0.1, -0.05) is 29.8 Å². The maximum atomic E-state index is 4.21. The lowest BCUT2D eigenvalue weighted by molar-refractivity contribution is 0.510. The zero-order chi connectivity index (χ0) is 13.7. The number of likely N-dealkylation sites (N-methyl/N-ethyl adjacent to an activating group) is 1. The summed E-state index contributed by atoms with van der Waals surface area (Å²) in [5.41, 5.74) is 4.04. The van der Waals surface area contributed by atoms with Gasteiger partial charge in [0.15, 0.2) is 0 Å². The fourth-order valence-corrected chi connectivity index (χ4v) is 2.44. The molecule has 0 saturated carbocycles. The predicted molar refractivity (Wildman–Crippen MR) is 79.3 cm³/mol. The summed E-state index contributed by atoms with van der Waals surface area (Å²) >= 11 is 0. The number of rotatable bonds is 6. The van der Waals surface area contributed by atoms with Gasteiger partial charge in [0.25, 0.3) is 0 Å². The molecule has 0 fully saturated rings. The van der Waals surface area contributed by atoms with E-state index in [9.17, 15) is 0 Å². The SMILES string of the molecule is CNC(CCc1ccnn1C)Cc1cccc(C)c1. The van der Waals surface area contributed by atoms with Crippen LogP contribution in [0.15, 0.2) is 36.5 Å². The molecule has 1 unspecified atom stereocenters. The van der Waals surface area contributed by atoms with Crippen molar-refractivity contribution in [2.75, 3.05) is 7.05 Å². The number of nitrogens with zero attached hydrogens (tertiary/aromatic N) is 2. The Morgan fingerprint density at radius 3 is 2.79 bits per heavy atom. The standard InChI is InChI=1S/C16H23N3/c1-13-5-4-6-14(11-13)12-15(17-2)7-8-16-9-10-18-19(16)3/h4-6,9-11,15,17H,7-8,12H2,1-3H3. The van der Waals surface area contributed by atoms with Gasteiger partial charge in [-0.3, -0.25) is 4.68 Å². The van der Waals surface area contributed by atoms with Crippen LogP contribution in [0.2, 0.25) is 0 Å². The van der Waals surface area contributed by atoms with Crippen molar-refractivity contribution < 1.29 is 0 Å². The van der Waals surface area contributed by atoms with Gasteiger partial charge in [0.05, 0.1) is 0 Å². The van der Waals surface area contributed by atoms with Gasteiger partial charge >= 0.3 is 0 Å². The van der Waals surface area contributed by atoms with E-state index in [0.29, 0.717) is 6.04 Å². The molecule has 1 aromatic heterocycles. The number of hydrogen-bond donors (Lipinski definition) is 1. The Hall–Kier alpha value is -1.61. The van der Waals surface area contributed by atoms with Gasteiger partial charge < -0.3 is 5.32 Å². The first-order valence-corrected chi connectivity index (χ1v) is 6.88. The number of nitrogens with one attached hydrogen (secondary N) is 1. The molecular formula is C16H23N3. The van der Waals surface area contributed by atoms with Crippen molar-refractivity contribution in [1.82, 2.24) is 15.1 Å². The van der Waals surface area contributed by atoms with E-state index in [1.807, 2.05) is 25.0 Å². The number of hydrogen-bond acceptors (Lipinski definition) is 2. The van der Waals surface area contributed by atoms with Crippen LogP contribution in [0.5, 0.6) is 0 Å². The Balaban J connectivity index is 1.92. The van der Waals surface area contributed by atoms with Crippen molar-refractivity contribution >= 4 is 0 Å². The minimum absolute atomic E-state index is 0.511. The highest BCUT2D eigenvalue weighted by Gasteiger charge is 2.09. The highest BCUT2D eigenvalue weighted by molar-refractivity contribution is 5.23. The van der Waals surface area contributed by atoms with Crippen LogP contribution in [0.4, 0.5) is 0 Å². The average molecular weight is 257 g/mol. The molecule has 2 aromatic rings. The van der Waals surface area contributed by atoms with Crippen LogP contribution in [0.25, 0.3) is 0 Å². The van der Waals surface area contributed by atoms with Crippen molar-refractivity contribution in [2.24, 2.45) is 7.05 Å². The second kappa shape index (κ2) is 6.53. The van der Waals surface area contributed by atoms with Crippen molar-refractivity contribution in [2.45, 2.75) is 32.2 Å². The van der Waals surface area contributed by atoms with Crippen molar-refractivity contribution in [3.63, 3.8) is 0 Å². The molecule has 0 bridgehead atoms. The molecule has 1 heterocycles. The lowest BCUT2D eigenvalue weighted by Gasteiger charge is -2.16. The molecule has 19 heavy (non-hydrogen) atoms. The van der Waals surface area contributed by atoms with Crippen LogP contribution in [-0.4, -0.2) is 22.9 Å². The summed E-state index contributed by atoms with van der Waals surface area (Å²) in [4.78, 5) is 0. The quantitative estimate of drug-likeness (QED) is 0.861. The molecule has 0 aliphatic heterocycles. The number of aryl methyl sites for hydroxylation is 3. The molecule has 2 rings (SSSR count). The Labute approximate surface area is 115 Å². The molecule has 0 saturated heterocycles. The second-order valence-corrected chi connectivity index (χ2v) is 5.16. The van der Waals surface area contributed by atoms with Crippen molar-refractivity contribution in [3.8, 4) is 0 Å². The van der Waals surface area contributed by atoms with Crippen LogP contribution in [-0.2, 0) is 19.9 Å². The number of benzene rings is 1. The van der Waals surface area contributed by atoms with E-state index in [1.54, 1.807) is 0 Å². The minimum Gasteiger partial charge on any atom is -0.317 e. The Morgan fingerprint density at radius 2 is 2.16 bits per heavy atom. The Bertz CT molecular complexity index is 516. The highest BCUT2D eigenvalue weighted by atomic mass is 15.2. The molecule has 1 aromatic carbocycles. The molecule has 3 heteroatoms. The topological polar surface area (TPSA) is 29.9 Å². The largest absolute Gasteiger partial charge is 0.317 e. The molecule has 0 radical (unpaired) electrons. The maximum absolute atomic E-state index is 4.21. The van der Waals surface area contributed by atoms with Crippen LogP contribution < -0.4 is 5.32 Å². The molecule has 0 spiro atoms. The first-order chi connectivity index (χ1) is 9.19. The van der Waals surface area contributed by atoms with E-state index in [-0.39, 0.29) is 0 Å². The van der Waals surface area contributed by atoms with Gasteiger partial charge in [-0.05, 0) is 44.9 Å². The predicted octanol–water partition coefficient (Wildman–Crippen LogP) is 2.49. The third-order valence-corrected chi connectivity index (χ3v) is 3.64. The van der Waals surface area contributed by atoms with Gasteiger partial charge in [0.2, 0.25) is 0 Å². The summed E-state index contributed by atoms with van der Waals surface area (Å²) in [6.07, 6.45) is 5.14. The monoisotopic (exact) mass is 257 g/mol. The summed E-state index contributed by atoms with van der Waals surface area (Å²) in [5, 5.41) is 7.63. The maximum Gasteiger partial charge on any atom is 0.0492 e. The third kappa shape index (κ3) is 3.93. The molecule has 0 aliphatic rings. The van der Waals surface area contributed by atoms with E-state index in [4.69, 9.17) is 0 Å². The minimum atomic E-state index is 0.511. The van der Waals surface area contributed by atoms with Crippen LogP contribution in [0.3, 0.4) is 0 Å². The zero-order valence-electron chi connectivity index (χ0n) is 12.1. The van der Waals surface area contributed by atoms with Crippen molar-refractivity contribution in [1.29, 1.82) is 0 Å².